The third-order valence-corrected chi connectivity index (χ3v) is 2.60. The number of amides is 1. The first-order valence-electron chi connectivity index (χ1n) is 5.13. The summed E-state index contributed by atoms with van der Waals surface area (Å²) in [7, 11) is 1.62. The van der Waals surface area contributed by atoms with Crippen LogP contribution in [0.2, 0.25) is 5.15 Å². The molecule has 0 aromatic carbocycles. The van der Waals surface area contributed by atoms with Crippen LogP contribution >= 0.6 is 11.6 Å². The van der Waals surface area contributed by atoms with E-state index in [0.717, 1.165) is 5.56 Å². The molecule has 0 saturated heterocycles. The van der Waals surface area contributed by atoms with Crippen molar-refractivity contribution < 1.29 is 4.79 Å². The standard InChI is InChI=1S/C11H16ClN3O/c1-7(15-8(2)11(16)13-3)9-4-5-14-10(12)6-9/h4-8,15H,1-3H3,(H,13,16)/t7?,8-/m1/s1. The number of hydrogen-bond acceptors (Lipinski definition) is 3. The Hall–Kier alpha value is -1.13. The number of halogens is 1. The summed E-state index contributed by atoms with van der Waals surface area (Å²) in [5.41, 5.74) is 1.01. The number of likely N-dealkylation sites (N-methyl/N-ethyl adjacent to an activating group) is 1. The number of rotatable bonds is 4. The fourth-order valence-electron chi connectivity index (χ4n) is 1.45. The number of hydrogen-bond donors (Lipinski definition) is 2. The molecular weight excluding hydrogens is 226 g/mol. The van der Waals surface area contributed by atoms with E-state index < -0.39 is 0 Å². The Kier molecular flexibility index (Phi) is 4.71. The molecule has 0 aliphatic carbocycles. The zero-order valence-electron chi connectivity index (χ0n) is 9.62. The molecule has 0 bridgehead atoms. The van der Waals surface area contributed by atoms with E-state index in [9.17, 15) is 4.79 Å². The summed E-state index contributed by atoms with van der Waals surface area (Å²) < 4.78 is 0. The summed E-state index contributed by atoms with van der Waals surface area (Å²) in [5, 5.41) is 6.23. The van der Waals surface area contributed by atoms with E-state index in [1.54, 1.807) is 19.3 Å². The monoisotopic (exact) mass is 241 g/mol. The highest BCUT2D eigenvalue weighted by atomic mass is 35.5. The third kappa shape index (κ3) is 3.47. The predicted octanol–water partition coefficient (Wildman–Crippen LogP) is 1.52. The van der Waals surface area contributed by atoms with Gasteiger partial charge >= 0.3 is 0 Å². The van der Waals surface area contributed by atoms with Gasteiger partial charge in [-0.05, 0) is 31.5 Å². The molecule has 0 aliphatic heterocycles. The van der Waals surface area contributed by atoms with E-state index in [2.05, 4.69) is 15.6 Å². The average Bonchev–Trinajstić information content (AvgIpc) is 2.27. The molecule has 16 heavy (non-hydrogen) atoms. The molecular formula is C11H16ClN3O. The highest BCUT2D eigenvalue weighted by molar-refractivity contribution is 6.29. The smallest absolute Gasteiger partial charge is 0.236 e. The normalized spacial score (nSPS) is 14.2. The van der Waals surface area contributed by atoms with Gasteiger partial charge in [-0.1, -0.05) is 11.6 Å². The molecule has 1 aromatic rings. The van der Waals surface area contributed by atoms with E-state index in [-0.39, 0.29) is 18.0 Å². The van der Waals surface area contributed by atoms with Crippen LogP contribution in [0.4, 0.5) is 0 Å². The van der Waals surface area contributed by atoms with Crippen molar-refractivity contribution >= 4 is 17.5 Å². The van der Waals surface area contributed by atoms with E-state index >= 15 is 0 Å². The second-order valence-electron chi connectivity index (χ2n) is 3.64. The maximum Gasteiger partial charge on any atom is 0.236 e. The molecule has 0 saturated carbocycles. The van der Waals surface area contributed by atoms with Crippen LogP contribution in [0.1, 0.15) is 25.5 Å². The van der Waals surface area contributed by atoms with Gasteiger partial charge in [0.25, 0.3) is 0 Å². The number of aromatic nitrogens is 1. The van der Waals surface area contributed by atoms with Crippen LogP contribution < -0.4 is 10.6 Å². The van der Waals surface area contributed by atoms with Crippen LogP contribution in [0, 0.1) is 0 Å². The van der Waals surface area contributed by atoms with Crippen molar-refractivity contribution in [2.24, 2.45) is 0 Å². The number of pyridine rings is 1. The second kappa shape index (κ2) is 5.82. The minimum atomic E-state index is -0.244. The number of nitrogens with one attached hydrogen (secondary N) is 2. The summed E-state index contributed by atoms with van der Waals surface area (Å²) in [6.07, 6.45) is 1.65. The molecule has 0 fully saturated rings. The maximum absolute atomic E-state index is 11.3. The molecule has 1 rings (SSSR count). The molecule has 1 unspecified atom stereocenters. The van der Waals surface area contributed by atoms with E-state index in [0.29, 0.717) is 5.15 Å². The first-order valence-corrected chi connectivity index (χ1v) is 5.51. The van der Waals surface area contributed by atoms with Gasteiger partial charge in [0.1, 0.15) is 5.15 Å². The number of carbonyl (C=O) groups is 1. The van der Waals surface area contributed by atoms with Crippen molar-refractivity contribution in [3.8, 4) is 0 Å². The van der Waals surface area contributed by atoms with Gasteiger partial charge in [0.15, 0.2) is 0 Å². The van der Waals surface area contributed by atoms with E-state index in [1.807, 2.05) is 19.9 Å². The van der Waals surface area contributed by atoms with Crippen LogP contribution in [0.5, 0.6) is 0 Å². The van der Waals surface area contributed by atoms with Crippen LogP contribution in [0.15, 0.2) is 18.3 Å². The van der Waals surface area contributed by atoms with Gasteiger partial charge in [-0.3, -0.25) is 10.1 Å². The van der Waals surface area contributed by atoms with Gasteiger partial charge < -0.3 is 5.32 Å². The van der Waals surface area contributed by atoms with Gasteiger partial charge in [-0.2, -0.15) is 0 Å². The van der Waals surface area contributed by atoms with Crippen molar-refractivity contribution in [2.75, 3.05) is 7.05 Å². The van der Waals surface area contributed by atoms with Crippen LogP contribution in [-0.4, -0.2) is 24.0 Å². The van der Waals surface area contributed by atoms with Crippen molar-refractivity contribution in [1.29, 1.82) is 0 Å². The lowest BCUT2D eigenvalue weighted by atomic mass is 10.1. The molecule has 2 atom stereocenters. The topological polar surface area (TPSA) is 54.0 Å². The maximum atomic E-state index is 11.3. The molecule has 0 radical (unpaired) electrons. The molecule has 1 amide bonds. The van der Waals surface area contributed by atoms with Gasteiger partial charge in [0.2, 0.25) is 5.91 Å². The summed E-state index contributed by atoms with van der Waals surface area (Å²) in [6, 6.07) is 3.47. The summed E-state index contributed by atoms with van der Waals surface area (Å²) >= 11 is 5.80. The van der Waals surface area contributed by atoms with Crippen molar-refractivity contribution in [2.45, 2.75) is 25.9 Å². The molecule has 5 heteroatoms. The van der Waals surface area contributed by atoms with Gasteiger partial charge in [-0.15, -0.1) is 0 Å². The molecule has 0 aliphatic rings. The van der Waals surface area contributed by atoms with E-state index in [1.165, 1.54) is 0 Å². The van der Waals surface area contributed by atoms with Gasteiger partial charge in [-0.25, -0.2) is 4.98 Å². The van der Waals surface area contributed by atoms with Crippen molar-refractivity contribution in [3.63, 3.8) is 0 Å². The predicted molar refractivity (Wildman–Crippen MR) is 64.3 cm³/mol. The summed E-state index contributed by atoms with van der Waals surface area (Å²) in [4.78, 5) is 15.2. The minimum absolute atomic E-state index is 0.0352. The molecule has 0 spiro atoms. The highest BCUT2D eigenvalue weighted by Gasteiger charge is 2.14. The zero-order valence-corrected chi connectivity index (χ0v) is 10.4. The largest absolute Gasteiger partial charge is 0.358 e. The Morgan fingerprint density at radius 3 is 2.75 bits per heavy atom. The second-order valence-corrected chi connectivity index (χ2v) is 4.02. The fraction of sp³-hybridized carbons (Fsp3) is 0.455. The average molecular weight is 242 g/mol. The van der Waals surface area contributed by atoms with Crippen molar-refractivity contribution in [3.05, 3.63) is 29.0 Å². The first-order chi connectivity index (χ1) is 7.54. The summed E-state index contributed by atoms with van der Waals surface area (Å²) in [6.45, 7) is 3.79. The van der Waals surface area contributed by atoms with Gasteiger partial charge in [0.05, 0.1) is 6.04 Å². The number of carbonyl (C=O) groups excluding carboxylic acids is 1. The highest BCUT2D eigenvalue weighted by Crippen LogP contribution is 2.15. The lowest BCUT2D eigenvalue weighted by Gasteiger charge is -2.19. The van der Waals surface area contributed by atoms with Crippen LogP contribution in [0.3, 0.4) is 0 Å². The Balaban J connectivity index is 2.65. The Morgan fingerprint density at radius 2 is 2.19 bits per heavy atom. The Bertz CT molecular complexity index is 370. The zero-order chi connectivity index (χ0) is 12.1. The van der Waals surface area contributed by atoms with Crippen molar-refractivity contribution in [1.82, 2.24) is 15.6 Å². The molecule has 88 valence electrons. The fourth-order valence-corrected chi connectivity index (χ4v) is 1.63. The molecule has 4 nitrogen and oxygen atoms in total. The SMILES string of the molecule is CNC(=O)[C@@H](C)NC(C)c1ccnc(Cl)c1. The van der Waals surface area contributed by atoms with Crippen LogP contribution in [0.25, 0.3) is 0 Å². The minimum Gasteiger partial charge on any atom is -0.358 e. The Morgan fingerprint density at radius 1 is 1.50 bits per heavy atom. The lowest BCUT2D eigenvalue weighted by Crippen LogP contribution is -2.41. The number of nitrogens with zero attached hydrogens (tertiary/aromatic N) is 1. The molecule has 2 N–H and O–H groups in total. The van der Waals surface area contributed by atoms with E-state index in [4.69, 9.17) is 11.6 Å². The van der Waals surface area contributed by atoms with Crippen LogP contribution in [-0.2, 0) is 4.79 Å². The van der Waals surface area contributed by atoms with Gasteiger partial charge in [0, 0.05) is 19.3 Å². The third-order valence-electron chi connectivity index (χ3n) is 2.39. The molecule has 1 heterocycles. The first kappa shape index (κ1) is 12.9. The Labute approximate surface area is 100 Å². The molecule has 1 aromatic heterocycles. The summed E-state index contributed by atoms with van der Waals surface area (Å²) in [5.74, 6) is -0.0352. The lowest BCUT2D eigenvalue weighted by molar-refractivity contribution is -0.122. The quantitative estimate of drug-likeness (QED) is 0.786.